The normalized spacial score (nSPS) is 16.1. The Morgan fingerprint density at radius 2 is 1.97 bits per heavy atom. The number of benzene rings is 2. The lowest BCUT2D eigenvalue weighted by atomic mass is 10.1. The summed E-state index contributed by atoms with van der Waals surface area (Å²) in [4.78, 5) is 26.3. The van der Waals surface area contributed by atoms with Gasteiger partial charge in [-0.2, -0.15) is 0 Å². The zero-order chi connectivity index (χ0) is 22.4. The first-order chi connectivity index (χ1) is 14.9. The monoisotopic (exact) mass is 475 g/mol. The summed E-state index contributed by atoms with van der Waals surface area (Å²) in [5.41, 5.74) is 1.68. The molecule has 31 heavy (non-hydrogen) atoms. The number of carbonyl (C=O) groups is 2. The molecule has 3 rings (SSSR count). The number of carboxylic acids is 1. The Morgan fingerprint density at radius 3 is 2.65 bits per heavy atom. The number of carbonyl (C=O) groups excluding carboxylic acids is 1. The van der Waals surface area contributed by atoms with E-state index >= 15 is 0 Å². The summed E-state index contributed by atoms with van der Waals surface area (Å²) >= 11 is 12.4. The van der Waals surface area contributed by atoms with E-state index in [1.54, 1.807) is 18.2 Å². The van der Waals surface area contributed by atoms with Gasteiger partial charge < -0.3 is 9.84 Å². The van der Waals surface area contributed by atoms with Gasteiger partial charge in [-0.3, -0.25) is 9.69 Å². The van der Waals surface area contributed by atoms with Gasteiger partial charge >= 0.3 is 5.97 Å². The largest absolute Gasteiger partial charge is 0.488 e. The number of rotatable bonds is 9. The summed E-state index contributed by atoms with van der Waals surface area (Å²) in [5.74, 6) is -0.813. The van der Waals surface area contributed by atoms with E-state index in [2.05, 4.69) is 0 Å². The van der Waals surface area contributed by atoms with Crippen LogP contribution in [-0.4, -0.2) is 32.2 Å². The third-order valence-electron chi connectivity index (χ3n) is 4.76. The predicted molar refractivity (Wildman–Crippen MR) is 128 cm³/mol. The predicted octanol–water partition coefficient (Wildman–Crippen LogP) is 5.76. The van der Waals surface area contributed by atoms with E-state index in [1.807, 2.05) is 43.3 Å². The molecule has 1 saturated heterocycles. The van der Waals surface area contributed by atoms with Crippen molar-refractivity contribution in [3.05, 3.63) is 69.6 Å². The number of nitrogens with zero attached hydrogens (tertiary/aromatic N) is 1. The second-order valence-corrected chi connectivity index (χ2v) is 9.11. The highest BCUT2D eigenvalue weighted by Gasteiger charge is 2.40. The number of thioether (sulfide) groups is 1. The summed E-state index contributed by atoms with van der Waals surface area (Å²) in [6.45, 7) is 2.32. The second kappa shape index (κ2) is 10.8. The van der Waals surface area contributed by atoms with Crippen LogP contribution >= 0.6 is 35.6 Å². The van der Waals surface area contributed by atoms with E-state index in [-0.39, 0.29) is 10.2 Å². The highest BCUT2D eigenvalue weighted by Crippen LogP contribution is 2.36. The fourth-order valence-corrected chi connectivity index (χ4v) is 4.60. The molecule has 0 radical (unpaired) electrons. The average Bonchev–Trinajstić information content (AvgIpc) is 3.02. The smallest absolute Gasteiger partial charge is 0.326 e. The van der Waals surface area contributed by atoms with Crippen molar-refractivity contribution in [1.82, 2.24) is 4.90 Å². The van der Waals surface area contributed by atoms with Crippen LogP contribution < -0.4 is 4.74 Å². The standard InChI is InChI=1S/C23H22ClNO4S2/c1-2-3-7-18(22(27)28)25-21(26)20(31-23(25)30)13-16-6-4-5-8-19(16)29-14-15-9-11-17(24)12-10-15/h4-6,8-13,18H,2-3,7,14H2,1H3,(H,27,28)/b20-13-/t18-/m1/s1. The van der Waals surface area contributed by atoms with Gasteiger partial charge in [-0.05, 0) is 36.3 Å². The molecule has 1 N–H and O–H groups in total. The van der Waals surface area contributed by atoms with Crippen LogP contribution in [0.3, 0.4) is 0 Å². The molecule has 1 fully saturated rings. The molecule has 2 aromatic carbocycles. The van der Waals surface area contributed by atoms with Crippen LogP contribution in [0.5, 0.6) is 5.75 Å². The van der Waals surface area contributed by atoms with Gasteiger partial charge in [0.1, 0.15) is 22.7 Å². The van der Waals surface area contributed by atoms with Crippen molar-refractivity contribution < 1.29 is 19.4 Å². The van der Waals surface area contributed by atoms with Gasteiger partial charge in [-0.1, -0.05) is 85.7 Å². The van der Waals surface area contributed by atoms with Gasteiger partial charge in [0, 0.05) is 10.6 Å². The number of halogens is 1. The molecule has 0 spiro atoms. The third kappa shape index (κ3) is 5.87. The van der Waals surface area contributed by atoms with E-state index in [9.17, 15) is 14.7 Å². The van der Waals surface area contributed by atoms with Crippen molar-refractivity contribution >= 4 is 57.9 Å². The van der Waals surface area contributed by atoms with Gasteiger partial charge in [0.15, 0.2) is 0 Å². The Bertz CT molecular complexity index is 1010. The molecular formula is C23H22ClNO4S2. The summed E-state index contributed by atoms with van der Waals surface area (Å²) in [6, 6.07) is 13.8. The number of thiocarbonyl (C=S) groups is 1. The summed E-state index contributed by atoms with van der Waals surface area (Å²) in [7, 11) is 0. The number of amides is 1. The number of ether oxygens (including phenoxy) is 1. The maximum absolute atomic E-state index is 13.0. The molecule has 5 nitrogen and oxygen atoms in total. The van der Waals surface area contributed by atoms with Crippen molar-refractivity contribution in [2.24, 2.45) is 0 Å². The zero-order valence-electron chi connectivity index (χ0n) is 16.9. The van der Waals surface area contributed by atoms with Crippen LogP contribution in [0.2, 0.25) is 5.02 Å². The van der Waals surface area contributed by atoms with Crippen molar-refractivity contribution in [3.63, 3.8) is 0 Å². The highest BCUT2D eigenvalue weighted by atomic mass is 35.5. The molecule has 0 bridgehead atoms. The van der Waals surface area contributed by atoms with Gasteiger partial charge in [-0.25, -0.2) is 4.79 Å². The summed E-state index contributed by atoms with van der Waals surface area (Å²) < 4.78 is 6.22. The molecule has 0 saturated carbocycles. The number of hydrogen-bond donors (Lipinski definition) is 1. The minimum Gasteiger partial charge on any atom is -0.488 e. The minimum absolute atomic E-state index is 0.263. The van der Waals surface area contributed by atoms with E-state index in [0.717, 1.165) is 29.3 Å². The molecule has 2 aromatic rings. The van der Waals surface area contributed by atoms with Crippen molar-refractivity contribution in [3.8, 4) is 5.75 Å². The van der Waals surface area contributed by atoms with E-state index < -0.39 is 12.0 Å². The number of aliphatic carboxylic acids is 1. The maximum atomic E-state index is 13.0. The maximum Gasteiger partial charge on any atom is 0.326 e. The molecule has 0 aromatic heterocycles. The van der Waals surface area contributed by atoms with E-state index in [0.29, 0.717) is 35.1 Å². The first kappa shape index (κ1) is 23.3. The lowest BCUT2D eigenvalue weighted by Gasteiger charge is -2.22. The van der Waals surface area contributed by atoms with Crippen LogP contribution in [0.4, 0.5) is 0 Å². The van der Waals surface area contributed by atoms with Gasteiger partial charge in [0.25, 0.3) is 5.91 Å². The zero-order valence-corrected chi connectivity index (χ0v) is 19.3. The Morgan fingerprint density at radius 1 is 1.26 bits per heavy atom. The van der Waals surface area contributed by atoms with Crippen LogP contribution in [0.1, 0.15) is 37.3 Å². The molecule has 1 aliphatic heterocycles. The Balaban J connectivity index is 1.80. The third-order valence-corrected chi connectivity index (χ3v) is 6.35. The topological polar surface area (TPSA) is 66.8 Å². The van der Waals surface area contributed by atoms with Gasteiger partial charge in [-0.15, -0.1) is 0 Å². The molecular weight excluding hydrogens is 454 g/mol. The molecule has 0 aliphatic carbocycles. The van der Waals surface area contributed by atoms with Crippen LogP contribution in [0, 0.1) is 0 Å². The molecule has 0 unspecified atom stereocenters. The lowest BCUT2D eigenvalue weighted by Crippen LogP contribution is -2.43. The fraction of sp³-hybridized carbons (Fsp3) is 0.261. The molecule has 1 aliphatic rings. The van der Waals surface area contributed by atoms with E-state index in [4.69, 9.17) is 28.6 Å². The number of unbranched alkanes of at least 4 members (excludes halogenated alkanes) is 1. The summed E-state index contributed by atoms with van der Waals surface area (Å²) in [6.07, 6.45) is 3.61. The van der Waals surface area contributed by atoms with E-state index in [1.165, 1.54) is 4.90 Å². The van der Waals surface area contributed by atoms with Crippen LogP contribution in [0.25, 0.3) is 6.08 Å². The lowest BCUT2D eigenvalue weighted by molar-refractivity contribution is -0.145. The molecule has 1 amide bonds. The van der Waals surface area contributed by atoms with Crippen LogP contribution in [-0.2, 0) is 16.2 Å². The van der Waals surface area contributed by atoms with Crippen molar-refractivity contribution in [1.29, 1.82) is 0 Å². The number of carboxylic acid groups (broad SMARTS) is 1. The second-order valence-electron chi connectivity index (χ2n) is 7.00. The highest BCUT2D eigenvalue weighted by molar-refractivity contribution is 8.26. The Kier molecular flexibility index (Phi) is 8.12. The quantitative estimate of drug-likeness (QED) is 0.367. The number of hydrogen-bond acceptors (Lipinski definition) is 5. The van der Waals surface area contributed by atoms with Gasteiger partial charge in [0.05, 0.1) is 4.91 Å². The first-order valence-electron chi connectivity index (χ1n) is 9.87. The Labute approximate surface area is 196 Å². The SMILES string of the molecule is CCCC[C@H](C(=O)O)N1C(=O)/C(=C/c2ccccc2OCc2ccc(Cl)cc2)SC1=S. The van der Waals surface area contributed by atoms with Crippen LogP contribution in [0.15, 0.2) is 53.4 Å². The molecule has 8 heteroatoms. The van der Waals surface area contributed by atoms with Crippen molar-refractivity contribution in [2.45, 2.75) is 38.8 Å². The molecule has 1 atom stereocenters. The van der Waals surface area contributed by atoms with Crippen molar-refractivity contribution in [2.75, 3.05) is 0 Å². The molecule has 162 valence electrons. The minimum atomic E-state index is -1.04. The fourth-order valence-electron chi connectivity index (χ4n) is 3.12. The Hall–Kier alpha value is -2.35. The first-order valence-corrected chi connectivity index (χ1v) is 11.5. The average molecular weight is 476 g/mol. The summed E-state index contributed by atoms with van der Waals surface area (Å²) in [5, 5.41) is 10.3. The number of para-hydroxylation sites is 1. The molecule has 1 heterocycles. The van der Waals surface area contributed by atoms with Gasteiger partial charge in [0.2, 0.25) is 0 Å².